The van der Waals surface area contributed by atoms with E-state index in [1.54, 1.807) is 6.92 Å². The Bertz CT molecular complexity index is 439. The molecular formula is C16H22O. The number of ketones is 1. The number of carbonyl (C=O) groups excluding carboxylic acids is 1. The summed E-state index contributed by atoms with van der Waals surface area (Å²) in [7, 11) is 0. The first kappa shape index (κ1) is 13.7. The lowest BCUT2D eigenvalue weighted by Gasteiger charge is -2.24. The van der Waals surface area contributed by atoms with E-state index in [4.69, 9.17) is 0 Å². The highest BCUT2D eigenvalue weighted by molar-refractivity contribution is 5.77. The molecular weight excluding hydrogens is 208 g/mol. The van der Waals surface area contributed by atoms with Crippen LogP contribution in [0.15, 0.2) is 24.3 Å². The molecule has 0 aromatic heterocycles. The number of carbonyl (C=O) groups is 1. The van der Waals surface area contributed by atoms with Gasteiger partial charge in [-0.1, -0.05) is 44.2 Å². The van der Waals surface area contributed by atoms with Gasteiger partial charge in [-0.15, -0.1) is 0 Å². The first-order valence-electron chi connectivity index (χ1n) is 6.10. The number of benzene rings is 1. The summed E-state index contributed by atoms with van der Waals surface area (Å²) in [6, 6.07) is 6.45. The second-order valence-corrected chi connectivity index (χ2v) is 5.33. The Balaban J connectivity index is 3.14. The van der Waals surface area contributed by atoms with Gasteiger partial charge in [-0.3, -0.25) is 4.79 Å². The standard InChI is InChI=1S/C16H22O/c1-6-7-14-10-15(9-8-12(14)2)16(4,5)11-13(3)17/h6-10H,11H2,1-5H3/b7-6-. The van der Waals surface area contributed by atoms with Crippen molar-refractivity contribution in [2.45, 2.75) is 46.5 Å². The Hall–Kier alpha value is -1.37. The van der Waals surface area contributed by atoms with Gasteiger partial charge in [0.1, 0.15) is 5.78 Å². The summed E-state index contributed by atoms with van der Waals surface area (Å²) in [6.45, 7) is 10.0. The molecule has 1 heteroatoms. The quantitative estimate of drug-likeness (QED) is 0.754. The van der Waals surface area contributed by atoms with Crippen LogP contribution in [0.2, 0.25) is 0 Å². The number of hydrogen-bond donors (Lipinski definition) is 0. The van der Waals surface area contributed by atoms with Crippen molar-refractivity contribution < 1.29 is 4.79 Å². The lowest BCUT2D eigenvalue weighted by atomic mass is 9.79. The van der Waals surface area contributed by atoms with E-state index in [1.165, 1.54) is 16.7 Å². The van der Waals surface area contributed by atoms with E-state index in [0.29, 0.717) is 6.42 Å². The molecule has 1 rings (SSSR count). The van der Waals surface area contributed by atoms with Crippen molar-refractivity contribution in [3.05, 3.63) is 41.0 Å². The summed E-state index contributed by atoms with van der Waals surface area (Å²) in [5.41, 5.74) is 3.65. The van der Waals surface area contributed by atoms with Gasteiger partial charge in [-0.05, 0) is 42.9 Å². The summed E-state index contributed by atoms with van der Waals surface area (Å²) < 4.78 is 0. The molecule has 0 saturated heterocycles. The molecule has 0 N–H and O–H groups in total. The van der Waals surface area contributed by atoms with Gasteiger partial charge < -0.3 is 0 Å². The van der Waals surface area contributed by atoms with Crippen molar-refractivity contribution in [1.29, 1.82) is 0 Å². The maximum absolute atomic E-state index is 11.3. The molecule has 0 fully saturated rings. The highest BCUT2D eigenvalue weighted by Gasteiger charge is 2.22. The van der Waals surface area contributed by atoms with E-state index in [-0.39, 0.29) is 11.2 Å². The molecule has 0 aliphatic heterocycles. The average molecular weight is 230 g/mol. The van der Waals surface area contributed by atoms with E-state index >= 15 is 0 Å². The van der Waals surface area contributed by atoms with Gasteiger partial charge in [0.05, 0.1) is 0 Å². The van der Waals surface area contributed by atoms with Gasteiger partial charge in [-0.25, -0.2) is 0 Å². The summed E-state index contributed by atoms with van der Waals surface area (Å²) >= 11 is 0. The van der Waals surface area contributed by atoms with Crippen molar-refractivity contribution in [3.63, 3.8) is 0 Å². The fraction of sp³-hybridized carbons (Fsp3) is 0.438. The summed E-state index contributed by atoms with van der Waals surface area (Å²) in [4.78, 5) is 11.3. The molecule has 0 aliphatic carbocycles. The minimum Gasteiger partial charge on any atom is -0.300 e. The van der Waals surface area contributed by atoms with Gasteiger partial charge in [0.2, 0.25) is 0 Å². The van der Waals surface area contributed by atoms with E-state index in [9.17, 15) is 4.79 Å². The predicted octanol–water partition coefficient (Wildman–Crippen LogP) is 4.28. The second-order valence-electron chi connectivity index (χ2n) is 5.33. The van der Waals surface area contributed by atoms with Gasteiger partial charge in [0.25, 0.3) is 0 Å². The zero-order valence-electron chi connectivity index (χ0n) is 11.5. The van der Waals surface area contributed by atoms with Crippen LogP contribution in [0.5, 0.6) is 0 Å². The molecule has 0 aliphatic rings. The third-order valence-corrected chi connectivity index (χ3v) is 3.10. The van der Waals surface area contributed by atoms with Crippen molar-refractivity contribution in [1.82, 2.24) is 0 Å². The van der Waals surface area contributed by atoms with Crippen LogP contribution in [0.25, 0.3) is 6.08 Å². The molecule has 0 amide bonds. The first-order valence-corrected chi connectivity index (χ1v) is 6.10. The molecule has 0 unspecified atom stereocenters. The lowest BCUT2D eigenvalue weighted by Crippen LogP contribution is -2.20. The molecule has 0 spiro atoms. The highest BCUT2D eigenvalue weighted by Crippen LogP contribution is 2.29. The number of aryl methyl sites for hydroxylation is 1. The molecule has 0 bridgehead atoms. The third-order valence-electron chi connectivity index (χ3n) is 3.10. The first-order chi connectivity index (χ1) is 7.86. The molecule has 1 aromatic rings. The van der Waals surface area contributed by atoms with Crippen LogP contribution in [0.1, 0.15) is 50.8 Å². The Morgan fingerprint density at radius 1 is 1.35 bits per heavy atom. The van der Waals surface area contributed by atoms with Crippen LogP contribution in [0.3, 0.4) is 0 Å². The monoisotopic (exact) mass is 230 g/mol. The summed E-state index contributed by atoms with van der Waals surface area (Å²) in [5, 5.41) is 0. The third kappa shape index (κ3) is 3.55. The topological polar surface area (TPSA) is 17.1 Å². The van der Waals surface area contributed by atoms with Crippen LogP contribution in [-0.4, -0.2) is 5.78 Å². The van der Waals surface area contributed by atoms with Gasteiger partial charge in [-0.2, -0.15) is 0 Å². The van der Waals surface area contributed by atoms with E-state index in [2.05, 4.69) is 45.0 Å². The summed E-state index contributed by atoms with van der Waals surface area (Å²) in [6.07, 6.45) is 4.75. The largest absolute Gasteiger partial charge is 0.300 e. The Morgan fingerprint density at radius 3 is 2.53 bits per heavy atom. The highest BCUT2D eigenvalue weighted by atomic mass is 16.1. The maximum atomic E-state index is 11.3. The SMILES string of the molecule is C/C=C\c1cc(C(C)(C)CC(C)=O)ccc1C. The zero-order valence-corrected chi connectivity index (χ0v) is 11.5. The normalized spacial score (nSPS) is 12.1. The fourth-order valence-electron chi connectivity index (χ4n) is 2.14. The zero-order chi connectivity index (χ0) is 13.1. The number of Topliss-reactive ketones (excluding diaryl/α,β-unsaturated/α-hetero) is 1. The Kier molecular flexibility index (Phi) is 4.28. The molecule has 0 radical (unpaired) electrons. The predicted molar refractivity (Wildman–Crippen MR) is 74.2 cm³/mol. The lowest BCUT2D eigenvalue weighted by molar-refractivity contribution is -0.118. The van der Waals surface area contributed by atoms with Crippen LogP contribution in [0, 0.1) is 6.92 Å². The van der Waals surface area contributed by atoms with Crippen LogP contribution < -0.4 is 0 Å². The number of hydrogen-bond acceptors (Lipinski definition) is 1. The van der Waals surface area contributed by atoms with Gasteiger partial charge >= 0.3 is 0 Å². The second kappa shape index (κ2) is 5.31. The van der Waals surface area contributed by atoms with Crippen LogP contribution in [0.4, 0.5) is 0 Å². The molecule has 1 aromatic carbocycles. The Labute approximate surface area is 105 Å². The molecule has 0 atom stereocenters. The molecule has 1 nitrogen and oxygen atoms in total. The van der Waals surface area contributed by atoms with Gasteiger partial charge in [0, 0.05) is 6.42 Å². The Morgan fingerprint density at radius 2 is 2.00 bits per heavy atom. The van der Waals surface area contributed by atoms with E-state index in [1.807, 2.05) is 13.0 Å². The van der Waals surface area contributed by atoms with Crippen molar-refractivity contribution in [2.24, 2.45) is 0 Å². The van der Waals surface area contributed by atoms with E-state index in [0.717, 1.165) is 0 Å². The van der Waals surface area contributed by atoms with Crippen LogP contribution in [-0.2, 0) is 10.2 Å². The fourth-order valence-corrected chi connectivity index (χ4v) is 2.14. The van der Waals surface area contributed by atoms with Crippen LogP contribution >= 0.6 is 0 Å². The smallest absolute Gasteiger partial charge is 0.130 e. The minimum atomic E-state index is -0.0874. The van der Waals surface area contributed by atoms with Crippen molar-refractivity contribution in [2.75, 3.05) is 0 Å². The molecule has 17 heavy (non-hydrogen) atoms. The number of rotatable bonds is 4. The molecule has 0 heterocycles. The van der Waals surface area contributed by atoms with Gasteiger partial charge in [0.15, 0.2) is 0 Å². The average Bonchev–Trinajstić information content (AvgIpc) is 2.19. The number of allylic oxidation sites excluding steroid dienone is 1. The maximum Gasteiger partial charge on any atom is 0.130 e. The van der Waals surface area contributed by atoms with Crippen molar-refractivity contribution in [3.8, 4) is 0 Å². The van der Waals surface area contributed by atoms with Crippen molar-refractivity contribution >= 4 is 11.9 Å². The molecule has 0 saturated carbocycles. The summed E-state index contributed by atoms with van der Waals surface area (Å²) in [5.74, 6) is 0.239. The molecule has 92 valence electrons. The minimum absolute atomic E-state index is 0.0874. The van der Waals surface area contributed by atoms with E-state index < -0.39 is 0 Å².